The predicted octanol–water partition coefficient (Wildman–Crippen LogP) is 3.65. The van der Waals surface area contributed by atoms with E-state index in [-0.39, 0.29) is 0 Å². The van der Waals surface area contributed by atoms with Crippen LogP contribution < -0.4 is 14.2 Å². The van der Waals surface area contributed by atoms with Crippen LogP contribution in [0.2, 0.25) is 0 Å². The van der Waals surface area contributed by atoms with Crippen molar-refractivity contribution in [2.45, 2.75) is 6.92 Å². The van der Waals surface area contributed by atoms with Gasteiger partial charge in [0.2, 0.25) is 0 Å². The Bertz CT molecular complexity index is 620. The monoisotopic (exact) mass is 291 g/mol. The Kier molecular flexibility index (Phi) is 4.63. The quantitative estimate of drug-likeness (QED) is 0.843. The zero-order valence-electron chi connectivity index (χ0n) is 12.0. The van der Waals surface area contributed by atoms with E-state index in [1.54, 1.807) is 32.7 Å². The number of rotatable bonds is 5. The highest BCUT2D eigenvalue weighted by Crippen LogP contribution is 2.35. The molecule has 0 aliphatic heterocycles. The number of benzene rings is 1. The minimum Gasteiger partial charge on any atom is -0.496 e. The molecule has 0 fully saturated rings. The maximum atomic E-state index is 5.38. The smallest absolute Gasteiger partial charge is 0.164 e. The summed E-state index contributed by atoms with van der Waals surface area (Å²) in [6, 6.07) is 3.69. The van der Waals surface area contributed by atoms with Crippen molar-refractivity contribution in [3.05, 3.63) is 33.8 Å². The van der Waals surface area contributed by atoms with Crippen LogP contribution in [0.1, 0.15) is 16.3 Å². The lowest BCUT2D eigenvalue weighted by molar-refractivity contribution is 0.348. The zero-order chi connectivity index (χ0) is 14.5. The molecule has 0 N–H and O–H groups in total. The lowest BCUT2D eigenvalue weighted by Gasteiger charge is -2.11. The Balaban J connectivity index is 2.37. The number of aromatic nitrogens is 1. The summed E-state index contributed by atoms with van der Waals surface area (Å²) < 4.78 is 15.9. The van der Waals surface area contributed by atoms with Gasteiger partial charge in [-0.1, -0.05) is 0 Å². The number of hydrogen-bond acceptors (Lipinski definition) is 5. The summed E-state index contributed by atoms with van der Waals surface area (Å²) in [5.74, 6) is 2.04. The van der Waals surface area contributed by atoms with Crippen LogP contribution in [0.5, 0.6) is 17.2 Å². The zero-order valence-corrected chi connectivity index (χ0v) is 12.8. The molecular weight excluding hydrogens is 274 g/mol. The van der Waals surface area contributed by atoms with Crippen LogP contribution in [-0.4, -0.2) is 26.3 Å². The van der Waals surface area contributed by atoms with E-state index in [9.17, 15) is 0 Å². The average molecular weight is 291 g/mol. The van der Waals surface area contributed by atoms with Crippen molar-refractivity contribution in [1.82, 2.24) is 4.98 Å². The van der Waals surface area contributed by atoms with E-state index < -0.39 is 0 Å². The lowest BCUT2D eigenvalue weighted by atomic mass is 10.1. The summed E-state index contributed by atoms with van der Waals surface area (Å²) in [5, 5.41) is 2.98. The summed E-state index contributed by atoms with van der Waals surface area (Å²) >= 11 is 1.61. The first-order valence-corrected chi connectivity index (χ1v) is 6.96. The van der Waals surface area contributed by atoms with Gasteiger partial charge in [0.1, 0.15) is 10.8 Å². The molecule has 20 heavy (non-hydrogen) atoms. The van der Waals surface area contributed by atoms with Crippen LogP contribution in [0.3, 0.4) is 0 Å². The van der Waals surface area contributed by atoms with Gasteiger partial charge in [-0.15, -0.1) is 11.3 Å². The molecule has 0 aliphatic rings. The summed E-state index contributed by atoms with van der Waals surface area (Å²) in [4.78, 5) is 4.39. The number of aryl methyl sites for hydroxylation is 1. The normalized spacial score (nSPS) is 10.8. The number of methoxy groups -OCH3 is 3. The van der Waals surface area contributed by atoms with E-state index in [0.717, 1.165) is 22.0 Å². The molecular formula is C15H17NO3S. The predicted molar refractivity (Wildman–Crippen MR) is 81.9 cm³/mol. The molecule has 0 bridgehead atoms. The molecule has 0 radical (unpaired) electrons. The van der Waals surface area contributed by atoms with E-state index in [1.165, 1.54) is 0 Å². The SMILES string of the molecule is COc1cc(OC)c(OC)cc1/C=C/c1nc(C)cs1. The number of ether oxygens (including phenoxy) is 3. The molecule has 106 valence electrons. The van der Waals surface area contributed by atoms with E-state index >= 15 is 0 Å². The molecule has 2 aromatic rings. The van der Waals surface area contributed by atoms with Gasteiger partial charge < -0.3 is 14.2 Å². The molecule has 0 atom stereocenters. The van der Waals surface area contributed by atoms with Gasteiger partial charge in [0.05, 0.1) is 21.3 Å². The molecule has 0 spiro atoms. The highest BCUT2D eigenvalue weighted by Gasteiger charge is 2.09. The third-order valence-electron chi connectivity index (χ3n) is 2.78. The summed E-state index contributed by atoms with van der Waals surface area (Å²) in [6.07, 6.45) is 3.92. The third kappa shape index (κ3) is 3.11. The molecule has 0 aliphatic carbocycles. The second-order valence-electron chi connectivity index (χ2n) is 4.11. The Labute approximate surface area is 122 Å². The first-order chi connectivity index (χ1) is 9.67. The first-order valence-electron chi connectivity index (χ1n) is 6.08. The van der Waals surface area contributed by atoms with E-state index in [1.807, 2.05) is 36.6 Å². The fourth-order valence-electron chi connectivity index (χ4n) is 1.79. The minimum atomic E-state index is 0.645. The van der Waals surface area contributed by atoms with Crippen LogP contribution in [0.15, 0.2) is 17.5 Å². The number of thiazole rings is 1. The van der Waals surface area contributed by atoms with Crippen molar-refractivity contribution in [1.29, 1.82) is 0 Å². The highest BCUT2D eigenvalue weighted by molar-refractivity contribution is 7.10. The molecule has 0 saturated carbocycles. The van der Waals surface area contributed by atoms with Gasteiger partial charge in [-0.05, 0) is 25.1 Å². The van der Waals surface area contributed by atoms with Gasteiger partial charge in [-0.3, -0.25) is 0 Å². The Morgan fingerprint density at radius 1 is 0.950 bits per heavy atom. The van der Waals surface area contributed by atoms with Gasteiger partial charge in [0.25, 0.3) is 0 Å². The van der Waals surface area contributed by atoms with Crippen LogP contribution in [-0.2, 0) is 0 Å². The summed E-state index contributed by atoms with van der Waals surface area (Å²) in [7, 11) is 4.85. The van der Waals surface area contributed by atoms with Gasteiger partial charge in [0, 0.05) is 22.7 Å². The van der Waals surface area contributed by atoms with E-state index in [2.05, 4.69) is 4.98 Å². The number of hydrogen-bond donors (Lipinski definition) is 0. The average Bonchev–Trinajstić information content (AvgIpc) is 2.89. The second-order valence-corrected chi connectivity index (χ2v) is 5.00. The molecule has 0 amide bonds. The molecule has 1 heterocycles. The van der Waals surface area contributed by atoms with Gasteiger partial charge in [-0.25, -0.2) is 4.98 Å². The van der Waals surface area contributed by atoms with Crippen LogP contribution in [0, 0.1) is 6.92 Å². The molecule has 1 aromatic heterocycles. The standard InChI is InChI=1S/C15H17NO3S/c1-10-9-20-15(16-10)6-5-11-7-13(18-3)14(19-4)8-12(11)17-2/h5-9H,1-4H3/b6-5+. The molecule has 4 nitrogen and oxygen atoms in total. The Hall–Kier alpha value is -2.01. The fourth-order valence-corrected chi connectivity index (χ4v) is 2.48. The largest absolute Gasteiger partial charge is 0.496 e. The second kappa shape index (κ2) is 6.43. The molecule has 5 heteroatoms. The van der Waals surface area contributed by atoms with Crippen molar-refractivity contribution >= 4 is 23.5 Å². The lowest BCUT2D eigenvalue weighted by Crippen LogP contribution is -1.94. The van der Waals surface area contributed by atoms with Crippen molar-refractivity contribution in [3.63, 3.8) is 0 Å². The van der Waals surface area contributed by atoms with Crippen LogP contribution >= 0.6 is 11.3 Å². The van der Waals surface area contributed by atoms with Gasteiger partial charge in [-0.2, -0.15) is 0 Å². The minimum absolute atomic E-state index is 0.645. The van der Waals surface area contributed by atoms with Crippen molar-refractivity contribution < 1.29 is 14.2 Å². The van der Waals surface area contributed by atoms with E-state index in [0.29, 0.717) is 11.5 Å². The Morgan fingerprint density at radius 3 is 2.15 bits per heavy atom. The maximum absolute atomic E-state index is 5.38. The fraction of sp³-hybridized carbons (Fsp3) is 0.267. The molecule has 0 unspecified atom stereocenters. The van der Waals surface area contributed by atoms with Crippen molar-refractivity contribution in [2.75, 3.05) is 21.3 Å². The maximum Gasteiger partial charge on any atom is 0.164 e. The summed E-state index contributed by atoms with van der Waals surface area (Å²) in [6.45, 7) is 1.98. The van der Waals surface area contributed by atoms with Gasteiger partial charge >= 0.3 is 0 Å². The van der Waals surface area contributed by atoms with Crippen LogP contribution in [0.4, 0.5) is 0 Å². The van der Waals surface area contributed by atoms with Crippen LogP contribution in [0.25, 0.3) is 12.2 Å². The number of nitrogens with zero attached hydrogens (tertiary/aromatic N) is 1. The third-order valence-corrected chi connectivity index (χ3v) is 3.71. The van der Waals surface area contributed by atoms with Crippen molar-refractivity contribution in [3.8, 4) is 17.2 Å². The molecule has 2 rings (SSSR count). The summed E-state index contributed by atoms with van der Waals surface area (Å²) in [5.41, 5.74) is 1.94. The van der Waals surface area contributed by atoms with Gasteiger partial charge in [0.15, 0.2) is 11.5 Å². The highest BCUT2D eigenvalue weighted by atomic mass is 32.1. The van der Waals surface area contributed by atoms with E-state index in [4.69, 9.17) is 14.2 Å². The molecule has 0 saturated heterocycles. The Morgan fingerprint density at radius 2 is 1.60 bits per heavy atom. The molecule has 1 aromatic carbocycles. The first kappa shape index (κ1) is 14.4. The van der Waals surface area contributed by atoms with Crippen molar-refractivity contribution in [2.24, 2.45) is 0 Å². The topological polar surface area (TPSA) is 40.6 Å².